The molecule has 1 atom stereocenters. The summed E-state index contributed by atoms with van der Waals surface area (Å²) in [6, 6.07) is 20.1. The molecule has 0 bridgehead atoms. The lowest BCUT2D eigenvalue weighted by atomic mass is 9.94. The van der Waals surface area contributed by atoms with Crippen LogP contribution in [0.3, 0.4) is 0 Å². The summed E-state index contributed by atoms with van der Waals surface area (Å²) in [6.07, 6.45) is 3.34. The Kier molecular flexibility index (Phi) is 6.70. The SMILES string of the molecule is O=C(c1cc(-c2ccccc2)no1)N1CCC[C@@H](CCN2CCN(c3nsc4ccccc34)CC2)C1. The third kappa shape index (κ3) is 4.88. The number of aromatic nitrogens is 2. The molecule has 2 aliphatic heterocycles. The summed E-state index contributed by atoms with van der Waals surface area (Å²) in [7, 11) is 0. The molecule has 0 aliphatic carbocycles. The quantitative estimate of drug-likeness (QED) is 0.370. The summed E-state index contributed by atoms with van der Waals surface area (Å²) in [5.74, 6) is 1.96. The lowest BCUT2D eigenvalue weighted by Crippen LogP contribution is -2.47. The van der Waals surface area contributed by atoms with Gasteiger partial charge in [-0.2, -0.15) is 4.37 Å². The van der Waals surface area contributed by atoms with E-state index in [-0.39, 0.29) is 5.91 Å². The summed E-state index contributed by atoms with van der Waals surface area (Å²) in [5.41, 5.74) is 1.66. The van der Waals surface area contributed by atoms with E-state index in [9.17, 15) is 4.79 Å². The van der Waals surface area contributed by atoms with Crippen molar-refractivity contribution >= 4 is 33.3 Å². The first-order valence-corrected chi connectivity index (χ1v) is 13.6. The molecule has 36 heavy (non-hydrogen) atoms. The fourth-order valence-corrected chi connectivity index (χ4v) is 6.21. The minimum absolute atomic E-state index is 0.0431. The highest BCUT2D eigenvalue weighted by Crippen LogP contribution is 2.30. The molecule has 1 amide bonds. The number of anilines is 1. The zero-order chi connectivity index (χ0) is 24.3. The van der Waals surface area contributed by atoms with Crippen LogP contribution in [0.5, 0.6) is 0 Å². The van der Waals surface area contributed by atoms with Crippen molar-refractivity contribution in [1.82, 2.24) is 19.3 Å². The molecule has 8 heteroatoms. The molecule has 2 aliphatic rings. The number of likely N-dealkylation sites (tertiary alicyclic amines) is 1. The predicted molar refractivity (Wildman–Crippen MR) is 143 cm³/mol. The Morgan fingerprint density at radius 1 is 1.00 bits per heavy atom. The van der Waals surface area contributed by atoms with Crippen molar-refractivity contribution in [1.29, 1.82) is 0 Å². The van der Waals surface area contributed by atoms with Gasteiger partial charge in [0.05, 0.1) is 4.70 Å². The van der Waals surface area contributed by atoms with Crippen LogP contribution < -0.4 is 4.90 Å². The maximum atomic E-state index is 13.1. The number of amides is 1. The Hall–Kier alpha value is -3.23. The van der Waals surface area contributed by atoms with Gasteiger partial charge in [-0.1, -0.05) is 47.6 Å². The summed E-state index contributed by atoms with van der Waals surface area (Å²) in [5, 5.41) is 5.39. The second-order valence-corrected chi connectivity index (χ2v) is 10.6. The smallest absolute Gasteiger partial charge is 0.292 e. The molecule has 7 nitrogen and oxygen atoms in total. The normalized spacial score (nSPS) is 19.2. The number of fused-ring (bicyclic) bond motifs is 1. The molecule has 4 aromatic rings. The van der Waals surface area contributed by atoms with E-state index in [4.69, 9.17) is 8.90 Å². The fraction of sp³-hybridized carbons (Fsp3) is 0.393. The Balaban J connectivity index is 0.998. The summed E-state index contributed by atoms with van der Waals surface area (Å²) in [4.78, 5) is 20.1. The standard InChI is InChI=1S/C28H31N5O2S/c34-28(25-19-24(29-35-25)22-8-2-1-3-9-22)33-13-6-7-21(20-33)12-14-31-15-17-32(18-16-31)27-23-10-4-5-11-26(23)36-30-27/h1-5,8-11,19,21H,6-7,12-18,20H2/t21-/m0/s1. The molecule has 0 N–H and O–H groups in total. The van der Waals surface area contributed by atoms with Gasteiger partial charge in [0.1, 0.15) is 11.5 Å². The molecule has 2 aromatic carbocycles. The minimum Gasteiger partial charge on any atom is -0.353 e. The lowest BCUT2D eigenvalue weighted by molar-refractivity contribution is 0.0617. The summed E-state index contributed by atoms with van der Waals surface area (Å²) >= 11 is 1.59. The van der Waals surface area contributed by atoms with E-state index in [0.29, 0.717) is 17.4 Å². The van der Waals surface area contributed by atoms with Crippen molar-refractivity contribution in [2.75, 3.05) is 50.7 Å². The van der Waals surface area contributed by atoms with E-state index in [0.717, 1.165) is 70.0 Å². The minimum atomic E-state index is -0.0431. The molecule has 186 valence electrons. The monoisotopic (exact) mass is 501 g/mol. The molecular weight excluding hydrogens is 470 g/mol. The largest absolute Gasteiger partial charge is 0.353 e. The number of hydrogen-bond donors (Lipinski definition) is 0. The topological polar surface area (TPSA) is 65.7 Å². The molecule has 6 rings (SSSR count). The van der Waals surface area contributed by atoms with E-state index in [2.05, 4.69) is 39.2 Å². The predicted octanol–water partition coefficient (Wildman–Crippen LogP) is 5.02. The molecule has 0 radical (unpaired) electrons. The van der Waals surface area contributed by atoms with Gasteiger partial charge in [0.2, 0.25) is 5.76 Å². The van der Waals surface area contributed by atoms with Crippen LogP contribution in [-0.4, -0.2) is 71.1 Å². The van der Waals surface area contributed by atoms with E-state index >= 15 is 0 Å². The molecular formula is C28H31N5O2S. The summed E-state index contributed by atoms with van der Waals surface area (Å²) in [6.45, 7) is 6.81. The fourth-order valence-electron chi connectivity index (χ4n) is 5.41. The number of rotatable bonds is 6. The van der Waals surface area contributed by atoms with Crippen molar-refractivity contribution in [2.45, 2.75) is 19.3 Å². The number of benzene rings is 2. The highest BCUT2D eigenvalue weighted by molar-refractivity contribution is 7.13. The number of piperazine rings is 1. The highest BCUT2D eigenvalue weighted by atomic mass is 32.1. The van der Waals surface area contributed by atoms with Crippen molar-refractivity contribution in [3.8, 4) is 11.3 Å². The lowest BCUT2D eigenvalue weighted by Gasteiger charge is -2.37. The molecule has 4 heterocycles. The second kappa shape index (κ2) is 10.4. The average Bonchev–Trinajstić information content (AvgIpc) is 3.61. The first kappa shape index (κ1) is 23.2. The summed E-state index contributed by atoms with van der Waals surface area (Å²) < 4.78 is 11.4. The van der Waals surface area contributed by atoms with Gasteiger partial charge >= 0.3 is 0 Å². The van der Waals surface area contributed by atoms with E-state index < -0.39 is 0 Å². The number of hydrogen-bond acceptors (Lipinski definition) is 7. The highest BCUT2D eigenvalue weighted by Gasteiger charge is 2.28. The van der Waals surface area contributed by atoms with Crippen LogP contribution in [0, 0.1) is 5.92 Å². The Morgan fingerprint density at radius 3 is 2.67 bits per heavy atom. The average molecular weight is 502 g/mol. The van der Waals surface area contributed by atoms with Gasteiger partial charge in [-0.25, -0.2) is 0 Å². The van der Waals surface area contributed by atoms with Gasteiger partial charge in [-0.15, -0.1) is 0 Å². The first-order valence-electron chi connectivity index (χ1n) is 12.9. The van der Waals surface area contributed by atoms with Gasteiger partial charge in [0, 0.05) is 56.3 Å². The van der Waals surface area contributed by atoms with Crippen molar-refractivity contribution in [2.24, 2.45) is 5.92 Å². The molecule has 2 fully saturated rings. The van der Waals surface area contributed by atoms with Crippen molar-refractivity contribution in [3.63, 3.8) is 0 Å². The number of nitrogens with zero attached hydrogens (tertiary/aromatic N) is 5. The first-order chi connectivity index (χ1) is 17.7. The van der Waals surface area contributed by atoms with Crippen LogP contribution in [0.1, 0.15) is 29.8 Å². The molecule has 2 saturated heterocycles. The molecule has 0 unspecified atom stereocenters. The zero-order valence-corrected chi connectivity index (χ0v) is 21.2. The number of carbonyl (C=O) groups excluding carboxylic acids is 1. The van der Waals surface area contributed by atoms with Crippen LogP contribution in [0.4, 0.5) is 5.82 Å². The molecule has 0 spiro atoms. The maximum absolute atomic E-state index is 13.1. The van der Waals surface area contributed by atoms with Crippen molar-refractivity contribution < 1.29 is 9.32 Å². The third-order valence-electron chi connectivity index (χ3n) is 7.48. The van der Waals surface area contributed by atoms with Gasteiger partial charge in [-0.05, 0) is 55.4 Å². The Morgan fingerprint density at radius 2 is 1.81 bits per heavy atom. The molecule has 0 saturated carbocycles. The van der Waals surface area contributed by atoms with Crippen LogP contribution in [-0.2, 0) is 0 Å². The van der Waals surface area contributed by atoms with Gasteiger partial charge < -0.3 is 14.3 Å². The van der Waals surface area contributed by atoms with Gasteiger partial charge in [0.25, 0.3) is 5.91 Å². The van der Waals surface area contributed by atoms with Gasteiger partial charge in [0.15, 0.2) is 0 Å². The van der Waals surface area contributed by atoms with Crippen LogP contribution in [0.15, 0.2) is 65.2 Å². The Labute approximate surface area is 215 Å². The van der Waals surface area contributed by atoms with Gasteiger partial charge in [-0.3, -0.25) is 9.69 Å². The van der Waals surface area contributed by atoms with E-state index in [1.165, 1.54) is 16.5 Å². The third-order valence-corrected chi connectivity index (χ3v) is 8.30. The Bertz CT molecular complexity index is 1310. The number of piperidine rings is 1. The zero-order valence-electron chi connectivity index (χ0n) is 20.4. The molecule has 2 aromatic heterocycles. The number of carbonyl (C=O) groups is 1. The van der Waals surface area contributed by atoms with E-state index in [1.54, 1.807) is 17.6 Å². The van der Waals surface area contributed by atoms with Crippen molar-refractivity contribution in [3.05, 3.63) is 66.4 Å². The van der Waals surface area contributed by atoms with Crippen LogP contribution >= 0.6 is 11.5 Å². The van der Waals surface area contributed by atoms with Crippen LogP contribution in [0.2, 0.25) is 0 Å². The second-order valence-electron chi connectivity index (χ2n) is 9.82. The van der Waals surface area contributed by atoms with Crippen LogP contribution in [0.25, 0.3) is 21.3 Å². The van der Waals surface area contributed by atoms with E-state index in [1.807, 2.05) is 35.2 Å². The maximum Gasteiger partial charge on any atom is 0.292 e.